The second-order valence-electron chi connectivity index (χ2n) is 5.99. The van der Waals surface area contributed by atoms with Gasteiger partial charge in [-0.2, -0.15) is 0 Å². The molecular weight excluding hydrogens is 304 g/mol. The molecule has 1 unspecified atom stereocenters. The highest BCUT2D eigenvalue weighted by molar-refractivity contribution is 5.96. The van der Waals surface area contributed by atoms with Crippen molar-refractivity contribution in [3.63, 3.8) is 0 Å². The van der Waals surface area contributed by atoms with Crippen LogP contribution in [0.2, 0.25) is 0 Å². The number of benzene rings is 1. The van der Waals surface area contributed by atoms with Crippen LogP contribution in [0.1, 0.15) is 60.1 Å². The average molecular weight is 328 g/mol. The Morgan fingerprint density at radius 1 is 1.17 bits per heavy atom. The van der Waals surface area contributed by atoms with E-state index in [4.69, 9.17) is 10.5 Å². The molecule has 0 radical (unpaired) electrons. The van der Waals surface area contributed by atoms with Crippen molar-refractivity contribution in [2.75, 3.05) is 12.8 Å². The first-order chi connectivity index (χ1) is 11.3. The normalized spacial score (nSPS) is 12.1. The molecule has 2 rings (SSSR count). The monoisotopic (exact) mass is 328 g/mol. The Morgan fingerprint density at radius 3 is 2.33 bits per heavy atom. The van der Waals surface area contributed by atoms with E-state index in [1.54, 1.807) is 14.0 Å². The molecule has 1 amide bonds. The van der Waals surface area contributed by atoms with E-state index in [-0.39, 0.29) is 11.9 Å². The van der Waals surface area contributed by atoms with E-state index in [2.05, 4.69) is 29.1 Å². The molecule has 0 aliphatic rings. The van der Waals surface area contributed by atoms with Crippen LogP contribution in [-0.2, 0) is 0 Å². The first kappa shape index (κ1) is 17.7. The van der Waals surface area contributed by atoms with Crippen LogP contribution in [0.5, 0.6) is 5.75 Å². The zero-order chi connectivity index (χ0) is 17.9. The number of nitrogens with two attached hydrogens (primary N) is 1. The molecule has 0 fully saturated rings. The quantitative estimate of drug-likeness (QED) is 0.880. The van der Waals surface area contributed by atoms with Gasteiger partial charge in [-0.15, -0.1) is 0 Å². The molecule has 3 N–H and O–H groups in total. The van der Waals surface area contributed by atoms with Gasteiger partial charge in [0.1, 0.15) is 11.9 Å². The molecule has 1 aromatic carbocycles. The van der Waals surface area contributed by atoms with E-state index in [0.29, 0.717) is 28.6 Å². The lowest BCUT2D eigenvalue weighted by atomic mass is 10.0. The maximum atomic E-state index is 12.2. The predicted octanol–water partition coefficient (Wildman–Crippen LogP) is 2.99. The summed E-state index contributed by atoms with van der Waals surface area (Å²) in [4.78, 5) is 20.5. The summed E-state index contributed by atoms with van der Waals surface area (Å²) in [6, 6.07) is 7.91. The molecule has 128 valence electrons. The van der Waals surface area contributed by atoms with Gasteiger partial charge in [0.25, 0.3) is 5.91 Å². The Hall–Kier alpha value is -2.63. The van der Waals surface area contributed by atoms with Crippen molar-refractivity contribution in [1.29, 1.82) is 0 Å². The van der Waals surface area contributed by atoms with Gasteiger partial charge in [0.15, 0.2) is 0 Å². The number of carbonyl (C=O) groups is 1. The number of rotatable bonds is 5. The summed E-state index contributed by atoms with van der Waals surface area (Å²) in [6.45, 7) is 7.85. The van der Waals surface area contributed by atoms with Crippen LogP contribution in [0, 0.1) is 6.92 Å². The summed E-state index contributed by atoms with van der Waals surface area (Å²) in [5.41, 5.74) is 8.39. The number of anilines is 1. The number of carbonyl (C=O) groups excluding carboxylic acids is 1. The van der Waals surface area contributed by atoms with Crippen molar-refractivity contribution >= 4 is 11.9 Å². The lowest BCUT2D eigenvalue weighted by Crippen LogP contribution is -2.24. The van der Waals surface area contributed by atoms with E-state index < -0.39 is 6.10 Å². The lowest BCUT2D eigenvalue weighted by Gasteiger charge is -2.18. The Bertz CT molecular complexity index is 727. The van der Waals surface area contributed by atoms with Crippen molar-refractivity contribution in [2.45, 2.75) is 39.7 Å². The first-order valence-electron chi connectivity index (χ1n) is 7.96. The first-order valence-corrected chi connectivity index (χ1v) is 7.96. The lowest BCUT2D eigenvalue weighted by molar-refractivity contribution is 0.0956. The molecule has 24 heavy (non-hydrogen) atoms. The number of hydrogen-bond donors (Lipinski definition) is 2. The van der Waals surface area contributed by atoms with E-state index in [9.17, 15) is 4.79 Å². The number of aromatic nitrogens is 2. The van der Waals surface area contributed by atoms with E-state index in [1.807, 2.05) is 31.2 Å². The molecule has 6 nitrogen and oxygen atoms in total. The number of nitrogens with one attached hydrogen (secondary N) is 1. The topological polar surface area (TPSA) is 90.1 Å². The van der Waals surface area contributed by atoms with Gasteiger partial charge in [0.05, 0.1) is 17.0 Å². The second-order valence-corrected chi connectivity index (χ2v) is 5.99. The van der Waals surface area contributed by atoms with Gasteiger partial charge in [-0.25, -0.2) is 9.97 Å². The van der Waals surface area contributed by atoms with Crippen molar-refractivity contribution in [3.05, 3.63) is 46.8 Å². The highest BCUT2D eigenvalue weighted by Crippen LogP contribution is 2.26. The third-order valence-electron chi connectivity index (χ3n) is 3.83. The summed E-state index contributed by atoms with van der Waals surface area (Å²) in [6.07, 6.45) is -0.439. The standard InChI is InChI=1S/C18H24N4O2/c1-10(2)13-6-8-14(9-7-13)24-12(4)16-15(17(23)20-5)11(3)21-18(19)22-16/h6-10,12H,1-5H3,(H,20,23)(H2,19,21,22). The SMILES string of the molecule is CNC(=O)c1c(C)nc(N)nc1C(C)Oc1ccc(C(C)C)cc1. The number of amides is 1. The zero-order valence-corrected chi connectivity index (χ0v) is 14.8. The fourth-order valence-electron chi connectivity index (χ4n) is 2.51. The van der Waals surface area contributed by atoms with Crippen molar-refractivity contribution in [2.24, 2.45) is 0 Å². The van der Waals surface area contributed by atoms with Gasteiger partial charge < -0.3 is 15.8 Å². The third-order valence-corrected chi connectivity index (χ3v) is 3.83. The number of nitrogen functional groups attached to an aromatic ring is 1. The van der Waals surface area contributed by atoms with Crippen LogP contribution < -0.4 is 15.8 Å². The molecule has 1 heterocycles. The average Bonchev–Trinajstić information content (AvgIpc) is 2.53. The molecule has 1 atom stereocenters. The van der Waals surface area contributed by atoms with Crippen molar-refractivity contribution in [1.82, 2.24) is 15.3 Å². The molecule has 0 aliphatic heterocycles. The molecule has 2 aromatic rings. The molecule has 0 saturated carbocycles. The number of nitrogens with zero attached hydrogens (tertiary/aromatic N) is 2. The second kappa shape index (κ2) is 7.29. The van der Waals surface area contributed by atoms with Crippen LogP contribution in [0.25, 0.3) is 0 Å². The van der Waals surface area contributed by atoms with E-state index in [1.165, 1.54) is 5.56 Å². The fourth-order valence-corrected chi connectivity index (χ4v) is 2.51. The molecule has 1 aromatic heterocycles. The van der Waals surface area contributed by atoms with Crippen LogP contribution in [0.15, 0.2) is 24.3 Å². The van der Waals surface area contributed by atoms with Crippen molar-refractivity contribution < 1.29 is 9.53 Å². The summed E-state index contributed by atoms with van der Waals surface area (Å²) in [7, 11) is 1.57. The maximum Gasteiger partial charge on any atom is 0.254 e. The molecule has 0 saturated heterocycles. The van der Waals surface area contributed by atoms with Gasteiger partial charge in [-0.05, 0) is 37.5 Å². The van der Waals surface area contributed by atoms with Crippen LogP contribution in [0.3, 0.4) is 0 Å². The number of aryl methyl sites for hydroxylation is 1. The summed E-state index contributed by atoms with van der Waals surface area (Å²) in [5, 5.41) is 2.61. The van der Waals surface area contributed by atoms with Crippen LogP contribution >= 0.6 is 0 Å². The largest absolute Gasteiger partial charge is 0.484 e. The highest BCUT2D eigenvalue weighted by Gasteiger charge is 2.22. The minimum Gasteiger partial charge on any atom is -0.484 e. The highest BCUT2D eigenvalue weighted by atomic mass is 16.5. The molecular formula is C18H24N4O2. The van der Waals surface area contributed by atoms with Crippen LogP contribution in [-0.4, -0.2) is 22.9 Å². The fraction of sp³-hybridized carbons (Fsp3) is 0.389. The Morgan fingerprint density at radius 2 is 1.79 bits per heavy atom. The Balaban J connectivity index is 2.32. The molecule has 0 bridgehead atoms. The minimum atomic E-state index is -0.439. The maximum absolute atomic E-state index is 12.2. The van der Waals surface area contributed by atoms with E-state index in [0.717, 1.165) is 0 Å². The number of hydrogen-bond acceptors (Lipinski definition) is 5. The van der Waals surface area contributed by atoms with Crippen molar-refractivity contribution in [3.8, 4) is 5.75 Å². The van der Waals surface area contributed by atoms with Gasteiger partial charge in [0, 0.05) is 7.05 Å². The summed E-state index contributed by atoms with van der Waals surface area (Å²) in [5.74, 6) is 1.04. The molecule has 0 spiro atoms. The van der Waals surface area contributed by atoms with E-state index >= 15 is 0 Å². The van der Waals surface area contributed by atoms with Gasteiger partial charge in [0.2, 0.25) is 5.95 Å². The minimum absolute atomic E-state index is 0.126. The predicted molar refractivity (Wildman–Crippen MR) is 94.1 cm³/mol. The summed E-state index contributed by atoms with van der Waals surface area (Å²) < 4.78 is 5.95. The molecule has 6 heteroatoms. The Kier molecular flexibility index (Phi) is 5.39. The molecule has 0 aliphatic carbocycles. The summed E-state index contributed by atoms with van der Waals surface area (Å²) >= 11 is 0. The van der Waals surface area contributed by atoms with Crippen LogP contribution in [0.4, 0.5) is 5.95 Å². The smallest absolute Gasteiger partial charge is 0.254 e. The van der Waals surface area contributed by atoms with Gasteiger partial charge in [-0.1, -0.05) is 26.0 Å². The number of ether oxygens (including phenoxy) is 1. The Labute approximate surface area is 142 Å². The zero-order valence-electron chi connectivity index (χ0n) is 14.8. The van der Waals surface area contributed by atoms with Gasteiger partial charge >= 0.3 is 0 Å². The third kappa shape index (κ3) is 3.82. The van der Waals surface area contributed by atoms with Gasteiger partial charge in [-0.3, -0.25) is 4.79 Å².